The summed E-state index contributed by atoms with van der Waals surface area (Å²) in [5, 5.41) is 12.7. The van der Waals surface area contributed by atoms with Gasteiger partial charge < -0.3 is 19.9 Å². The molecule has 0 aliphatic rings. The predicted octanol–water partition coefficient (Wildman–Crippen LogP) is 6.13. The number of aliphatic carboxylic acids is 1. The van der Waals surface area contributed by atoms with E-state index in [2.05, 4.69) is 22.4 Å². The summed E-state index contributed by atoms with van der Waals surface area (Å²) in [5.74, 6) is -1.96. The number of fused-ring (bicyclic) bond motifs is 1. The van der Waals surface area contributed by atoms with Crippen LogP contribution in [0.2, 0.25) is 0 Å². The van der Waals surface area contributed by atoms with Gasteiger partial charge in [-0.1, -0.05) is 31.5 Å². The molecule has 9 nitrogen and oxygen atoms in total. The van der Waals surface area contributed by atoms with Crippen molar-refractivity contribution in [3.8, 4) is 11.3 Å². The van der Waals surface area contributed by atoms with Crippen LogP contribution >= 0.6 is 0 Å². The van der Waals surface area contributed by atoms with E-state index in [4.69, 9.17) is 0 Å². The summed E-state index contributed by atoms with van der Waals surface area (Å²) >= 11 is 0. The lowest BCUT2D eigenvalue weighted by Gasteiger charge is -2.26. The Morgan fingerprint density at radius 2 is 1.70 bits per heavy atom. The Morgan fingerprint density at radius 3 is 2.28 bits per heavy atom. The third kappa shape index (κ3) is 8.29. The molecular formula is C35H42F3N5O4. The fourth-order valence-corrected chi connectivity index (χ4v) is 6.15. The third-order valence-corrected chi connectivity index (χ3v) is 8.19. The molecule has 0 radical (unpaired) electrons. The van der Waals surface area contributed by atoms with Gasteiger partial charge in [0.05, 0.1) is 23.7 Å². The highest BCUT2D eigenvalue weighted by Gasteiger charge is 2.36. The average Bonchev–Trinajstić information content (AvgIpc) is 3.42. The number of pyridine rings is 2. The Kier molecular flexibility index (Phi) is 10.6. The number of carbonyl (C=O) groups is 2. The van der Waals surface area contributed by atoms with Crippen molar-refractivity contribution in [3.63, 3.8) is 0 Å². The summed E-state index contributed by atoms with van der Waals surface area (Å²) in [7, 11) is 3.46. The minimum Gasteiger partial charge on any atom is -0.481 e. The molecule has 12 heteroatoms. The molecule has 0 aliphatic heterocycles. The number of aromatic nitrogens is 3. The van der Waals surface area contributed by atoms with Gasteiger partial charge in [-0.05, 0) is 88.0 Å². The zero-order valence-electron chi connectivity index (χ0n) is 27.8. The number of aryl methyl sites for hydroxylation is 3. The van der Waals surface area contributed by atoms with E-state index < -0.39 is 47.7 Å². The molecule has 2 atom stereocenters. The normalized spacial score (nSPS) is 13.4. The molecule has 2 unspecified atom stereocenters. The zero-order chi connectivity index (χ0) is 34.8. The number of alkyl halides is 3. The largest absolute Gasteiger partial charge is 0.481 e. The number of carboxylic acids is 1. The van der Waals surface area contributed by atoms with Gasteiger partial charge in [-0.15, -0.1) is 0 Å². The molecule has 0 fully saturated rings. The molecule has 2 N–H and O–H groups in total. The Morgan fingerprint density at radius 1 is 1.04 bits per heavy atom. The van der Waals surface area contributed by atoms with E-state index in [1.807, 2.05) is 51.3 Å². The van der Waals surface area contributed by atoms with Gasteiger partial charge in [-0.2, -0.15) is 13.2 Å². The lowest BCUT2D eigenvalue weighted by molar-refractivity contribution is -0.139. The Labute approximate surface area is 272 Å². The number of carboxylic acid groups (broad SMARTS) is 1. The van der Waals surface area contributed by atoms with Crippen LogP contribution in [0, 0.1) is 26.7 Å². The van der Waals surface area contributed by atoms with E-state index in [9.17, 15) is 32.7 Å². The second kappa shape index (κ2) is 14.1. The number of nitrogens with zero attached hydrogens (tertiary/aromatic N) is 4. The van der Waals surface area contributed by atoms with Gasteiger partial charge in [-0.25, -0.2) is 4.98 Å². The first kappa shape index (κ1) is 35.4. The number of benzene rings is 1. The monoisotopic (exact) mass is 653 g/mol. The van der Waals surface area contributed by atoms with Crippen LogP contribution in [0.3, 0.4) is 0 Å². The number of rotatable bonds is 12. The van der Waals surface area contributed by atoms with E-state index in [0.717, 1.165) is 38.7 Å². The Hall–Kier alpha value is -4.45. The van der Waals surface area contributed by atoms with Crippen LogP contribution in [0.5, 0.6) is 0 Å². The van der Waals surface area contributed by atoms with Crippen LogP contribution < -0.4 is 10.9 Å². The van der Waals surface area contributed by atoms with Gasteiger partial charge in [-0.3, -0.25) is 18.8 Å². The number of hydrogen-bond donors (Lipinski definition) is 2. The van der Waals surface area contributed by atoms with Crippen molar-refractivity contribution in [2.24, 2.45) is 5.92 Å². The molecular weight excluding hydrogens is 611 g/mol. The van der Waals surface area contributed by atoms with Crippen molar-refractivity contribution >= 4 is 17.5 Å². The molecule has 3 aromatic heterocycles. The lowest BCUT2D eigenvalue weighted by atomic mass is 9.94. The molecule has 4 rings (SSSR count). The van der Waals surface area contributed by atoms with Crippen LogP contribution in [-0.2, 0) is 22.2 Å². The average molecular weight is 654 g/mol. The molecule has 3 heterocycles. The maximum absolute atomic E-state index is 14.1. The molecule has 0 bridgehead atoms. The number of amides is 1. The van der Waals surface area contributed by atoms with Gasteiger partial charge >= 0.3 is 12.1 Å². The van der Waals surface area contributed by atoms with Gasteiger partial charge in [0.15, 0.2) is 0 Å². The van der Waals surface area contributed by atoms with E-state index in [-0.39, 0.29) is 24.3 Å². The predicted molar refractivity (Wildman–Crippen MR) is 174 cm³/mol. The number of halogens is 3. The summed E-state index contributed by atoms with van der Waals surface area (Å²) in [6, 6.07) is 5.98. The van der Waals surface area contributed by atoms with Crippen LogP contribution in [0.1, 0.15) is 72.2 Å². The molecule has 47 heavy (non-hydrogen) atoms. The molecule has 0 aliphatic carbocycles. The molecule has 252 valence electrons. The molecule has 0 spiro atoms. The zero-order valence-corrected chi connectivity index (χ0v) is 27.8. The third-order valence-electron chi connectivity index (χ3n) is 8.19. The summed E-state index contributed by atoms with van der Waals surface area (Å²) in [6.45, 7) is 9.95. The number of hydrogen-bond acceptors (Lipinski definition) is 5. The highest BCUT2D eigenvalue weighted by molar-refractivity contribution is 5.82. The van der Waals surface area contributed by atoms with Gasteiger partial charge in [0.2, 0.25) is 5.91 Å². The SMILES string of the molecule is Cc1cc(C)c(-c2cc(C(CC(=O)O)NC(=O)C(CC(C)C)n3cc(CCN(C)C)c(C(F)(F)F)cc3=O)cc3nccn23)c(C)c1. The first-order valence-corrected chi connectivity index (χ1v) is 15.5. The summed E-state index contributed by atoms with van der Waals surface area (Å²) < 4.78 is 44.8. The summed E-state index contributed by atoms with van der Waals surface area (Å²) in [6.07, 6.45) is -0.512. The van der Waals surface area contributed by atoms with E-state index >= 15 is 0 Å². The van der Waals surface area contributed by atoms with Gasteiger partial charge in [0, 0.05) is 36.8 Å². The van der Waals surface area contributed by atoms with Crippen LogP contribution in [0.15, 0.2) is 53.7 Å². The quantitative estimate of drug-likeness (QED) is 0.191. The highest BCUT2D eigenvalue weighted by Crippen LogP contribution is 2.34. The fourth-order valence-electron chi connectivity index (χ4n) is 6.15. The van der Waals surface area contributed by atoms with Crippen LogP contribution in [-0.4, -0.2) is 56.5 Å². The fraction of sp³-hybridized carbons (Fsp3) is 0.429. The first-order valence-electron chi connectivity index (χ1n) is 15.5. The standard InChI is InChI=1S/C35H42F3N5O4/c1-20(2)12-29(43-19-24(8-10-41(6)7)26(17-31(43)44)35(36,37)38)34(47)40-27(18-32(45)46)25-15-28(42-11-9-39-30(42)16-25)33-22(4)13-21(3)14-23(33)5/h9,11,13-17,19-20,27,29H,8,10,12,18H2,1-7H3,(H,40,47)(H,45,46). The van der Waals surface area contributed by atoms with Crippen molar-refractivity contribution in [2.45, 2.75) is 72.1 Å². The Balaban J connectivity index is 1.82. The minimum absolute atomic E-state index is 0.00469. The van der Waals surface area contributed by atoms with Crippen LogP contribution in [0.25, 0.3) is 16.9 Å². The summed E-state index contributed by atoms with van der Waals surface area (Å²) in [4.78, 5) is 45.6. The van der Waals surface area contributed by atoms with Crippen molar-refractivity contribution < 1.29 is 27.9 Å². The maximum Gasteiger partial charge on any atom is 0.416 e. The smallest absolute Gasteiger partial charge is 0.416 e. The maximum atomic E-state index is 14.1. The number of likely N-dealkylation sites (N-methyl/N-ethyl adjacent to an activating group) is 1. The van der Waals surface area contributed by atoms with Crippen molar-refractivity contribution in [1.29, 1.82) is 0 Å². The number of imidazole rings is 1. The van der Waals surface area contributed by atoms with E-state index in [1.54, 1.807) is 31.3 Å². The molecule has 1 amide bonds. The Bertz CT molecular complexity index is 1820. The summed E-state index contributed by atoms with van der Waals surface area (Å²) in [5.41, 5.74) is 3.76. The van der Waals surface area contributed by atoms with Gasteiger partial charge in [0.25, 0.3) is 5.56 Å². The molecule has 1 aromatic carbocycles. The lowest BCUT2D eigenvalue weighted by Crippen LogP contribution is -2.40. The second-order valence-corrected chi connectivity index (χ2v) is 12.9. The van der Waals surface area contributed by atoms with Crippen LogP contribution in [0.4, 0.5) is 13.2 Å². The first-order chi connectivity index (χ1) is 22.0. The van der Waals surface area contributed by atoms with E-state index in [0.29, 0.717) is 23.8 Å². The number of carbonyl (C=O) groups excluding carboxylic acids is 1. The minimum atomic E-state index is -4.75. The highest BCUT2D eigenvalue weighted by atomic mass is 19.4. The van der Waals surface area contributed by atoms with Crippen molar-refractivity contribution in [1.82, 2.24) is 24.2 Å². The molecule has 4 aromatic rings. The number of nitrogens with one attached hydrogen (secondary N) is 1. The van der Waals surface area contributed by atoms with Crippen molar-refractivity contribution in [2.75, 3.05) is 20.6 Å². The molecule has 0 saturated heterocycles. The second-order valence-electron chi connectivity index (χ2n) is 12.9. The van der Waals surface area contributed by atoms with Crippen molar-refractivity contribution in [3.05, 3.63) is 92.7 Å². The molecule has 0 saturated carbocycles. The van der Waals surface area contributed by atoms with Gasteiger partial charge in [0.1, 0.15) is 11.7 Å². The topological polar surface area (TPSA) is 109 Å². The van der Waals surface area contributed by atoms with E-state index in [1.165, 1.54) is 0 Å².